The van der Waals surface area contributed by atoms with E-state index >= 15 is 0 Å². The second-order valence-electron chi connectivity index (χ2n) is 5.65. The fourth-order valence-corrected chi connectivity index (χ4v) is 3.72. The van der Waals surface area contributed by atoms with Gasteiger partial charge in [-0.3, -0.25) is 0 Å². The van der Waals surface area contributed by atoms with E-state index in [0.717, 1.165) is 10.9 Å². The van der Waals surface area contributed by atoms with Crippen LogP contribution in [-0.2, 0) is 6.42 Å². The Hall–Kier alpha value is -1.60. The van der Waals surface area contributed by atoms with Gasteiger partial charge in [0.1, 0.15) is 0 Å². The molecular formula is C19H15Br. The fraction of sp³-hybridized carbons (Fsp3) is 0.158. The molecule has 0 aliphatic heterocycles. The van der Waals surface area contributed by atoms with E-state index in [-0.39, 0.29) is 0 Å². The van der Waals surface area contributed by atoms with E-state index < -0.39 is 0 Å². The molecule has 2 aliphatic carbocycles. The highest BCUT2D eigenvalue weighted by molar-refractivity contribution is 9.10. The molecule has 0 heterocycles. The molecule has 0 spiro atoms. The van der Waals surface area contributed by atoms with E-state index in [2.05, 4.69) is 77.5 Å². The van der Waals surface area contributed by atoms with Gasteiger partial charge in [0, 0.05) is 10.4 Å². The van der Waals surface area contributed by atoms with E-state index in [1.807, 2.05) is 0 Å². The van der Waals surface area contributed by atoms with Crippen LogP contribution in [0.25, 0.3) is 6.08 Å². The minimum atomic E-state index is 0.399. The van der Waals surface area contributed by atoms with Crippen LogP contribution in [0.1, 0.15) is 33.7 Å². The number of rotatable bonds is 0. The molecule has 0 bridgehead atoms. The van der Waals surface area contributed by atoms with Crippen molar-refractivity contribution in [3.63, 3.8) is 0 Å². The Balaban J connectivity index is 1.99. The zero-order chi connectivity index (χ0) is 13.7. The molecule has 0 amide bonds. The lowest BCUT2D eigenvalue weighted by Gasteiger charge is -2.30. The van der Waals surface area contributed by atoms with Crippen molar-refractivity contribution >= 4 is 22.0 Å². The summed E-state index contributed by atoms with van der Waals surface area (Å²) in [6.45, 7) is 2.18. The maximum Gasteiger partial charge on any atom is 0.0346 e. The third-order valence-electron chi connectivity index (χ3n) is 4.32. The summed E-state index contributed by atoms with van der Waals surface area (Å²) in [5.74, 6) is 0.399. The molecule has 2 aromatic carbocycles. The van der Waals surface area contributed by atoms with Gasteiger partial charge in [-0.25, -0.2) is 0 Å². The Kier molecular flexibility index (Phi) is 2.71. The van der Waals surface area contributed by atoms with Crippen LogP contribution >= 0.6 is 15.9 Å². The number of benzene rings is 2. The average molecular weight is 323 g/mol. The van der Waals surface area contributed by atoms with E-state index in [0.29, 0.717) is 5.92 Å². The van der Waals surface area contributed by atoms with Gasteiger partial charge in [0.15, 0.2) is 0 Å². The molecule has 2 aromatic rings. The summed E-state index contributed by atoms with van der Waals surface area (Å²) in [4.78, 5) is 0. The third kappa shape index (κ3) is 1.81. The Morgan fingerprint density at radius 2 is 1.90 bits per heavy atom. The minimum absolute atomic E-state index is 0.399. The molecule has 4 rings (SSSR count). The molecule has 0 N–H and O–H groups in total. The molecule has 0 fully saturated rings. The highest BCUT2D eigenvalue weighted by atomic mass is 79.9. The third-order valence-corrected chi connectivity index (χ3v) is 4.81. The van der Waals surface area contributed by atoms with E-state index in [9.17, 15) is 0 Å². The summed E-state index contributed by atoms with van der Waals surface area (Å²) >= 11 is 3.62. The van der Waals surface area contributed by atoms with Crippen molar-refractivity contribution in [3.05, 3.63) is 86.4 Å². The molecule has 0 aromatic heterocycles. The molecule has 0 radical (unpaired) electrons. The average Bonchev–Trinajstić information content (AvgIpc) is 2.46. The first-order chi connectivity index (χ1) is 9.72. The highest BCUT2D eigenvalue weighted by Crippen LogP contribution is 2.43. The predicted octanol–water partition coefficient (Wildman–Crippen LogP) is 5.40. The topological polar surface area (TPSA) is 0 Å². The molecular weight excluding hydrogens is 308 g/mol. The van der Waals surface area contributed by atoms with Crippen LogP contribution in [-0.4, -0.2) is 0 Å². The van der Waals surface area contributed by atoms with Gasteiger partial charge >= 0.3 is 0 Å². The Labute approximate surface area is 128 Å². The monoisotopic (exact) mass is 322 g/mol. The van der Waals surface area contributed by atoms with Gasteiger partial charge in [-0.1, -0.05) is 64.0 Å². The van der Waals surface area contributed by atoms with Crippen molar-refractivity contribution in [1.29, 1.82) is 0 Å². The second-order valence-corrected chi connectivity index (χ2v) is 6.57. The van der Waals surface area contributed by atoms with Crippen LogP contribution in [0.2, 0.25) is 0 Å². The van der Waals surface area contributed by atoms with Crippen LogP contribution in [0.3, 0.4) is 0 Å². The zero-order valence-corrected chi connectivity index (χ0v) is 12.9. The van der Waals surface area contributed by atoms with E-state index in [4.69, 9.17) is 0 Å². The van der Waals surface area contributed by atoms with Crippen LogP contribution < -0.4 is 0 Å². The lowest BCUT2D eigenvalue weighted by atomic mass is 9.73. The molecule has 0 saturated carbocycles. The number of hydrogen-bond acceptors (Lipinski definition) is 0. The number of fused-ring (bicyclic) bond motifs is 5. The Morgan fingerprint density at radius 1 is 1.00 bits per heavy atom. The molecule has 1 unspecified atom stereocenters. The lowest BCUT2D eigenvalue weighted by molar-refractivity contribution is 0.898. The summed E-state index contributed by atoms with van der Waals surface area (Å²) in [7, 11) is 0. The van der Waals surface area contributed by atoms with Crippen LogP contribution in [0.15, 0.2) is 58.6 Å². The molecule has 1 atom stereocenters. The summed E-state index contributed by atoms with van der Waals surface area (Å²) in [6, 6.07) is 13.5. The standard InChI is InChI=1S/C19H15Br/c1-12-2-3-13-4-6-15-7-5-14-8-9-16(20)11-18(14)19(15)17(13)10-12/h2-3,5-11,19H,4H2,1H3. The first-order valence-corrected chi connectivity index (χ1v) is 7.79. The van der Waals surface area contributed by atoms with Gasteiger partial charge in [0.2, 0.25) is 0 Å². The van der Waals surface area contributed by atoms with Crippen LogP contribution in [0.4, 0.5) is 0 Å². The molecule has 0 nitrogen and oxygen atoms in total. The molecule has 1 heteroatoms. The second kappa shape index (κ2) is 4.46. The van der Waals surface area contributed by atoms with Crippen molar-refractivity contribution in [2.45, 2.75) is 19.3 Å². The van der Waals surface area contributed by atoms with Crippen molar-refractivity contribution < 1.29 is 0 Å². The minimum Gasteiger partial charge on any atom is -0.0759 e. The number of halogens is 1. The summed E-state index contributed by atoms with van der Waals surface area (Å²) < 4.78 is 1.16. The van der Waals surface area contributed by atoms with Crippen molar-refractivity contribution in [1.82, 2.24) is 0 Å². The van der Waals surface area contributed by atoms with Crippen molar-refractivity contribution in [2.24, 2.45) is 0 Å². The maximum atomic E-state index is 3.62. The lowest BCUT2D eigenvalue weighted by Crippen LogP contribution is -2.15. The molecule has 20 heavy (non-hydrogen) atoms. The van der Waals surface area contributed by atoms with Gasteiger partial charge < -0.3 is 0 Å². The SMILES string of the molecule is Cc1ccc2c(c1)C1C(=CC2)C=Cc2ccc(Br)cc21. The quantitative estimate of drug-likeness (QED) is 0.609. The van der Waals surface area contributed by atoms with Crippen LogP contribution in [0.5, 0.6) is 0 Å². The fourth-order valence-electron chi connectivity index (χ4n) is 3.34. The van der Waals surface area contributed by atoms with E-state index in [1.165, 1.54) is 33.4 Å². The highest BCUT2D eigenvalue weighted by Gasteiger charge is 2.27. The van der Waals surface area contributed by atoms with E-state index in [1.54, 1.807) is 0 Å². The summed E-state index contributed by atoms with van der Waals surface area (Å²) in [6.07, 6.45) is 7.95. The zero-order valence-electron chi connectivity index (χ0n) is 11.4. The normalized spacial score (nSPS) is 18.9. The Morgan fingerprint density at radius 3 is 2.80 bits per heavy atom. The predicted molar refractivity (Wildman–Crippen MR) is 88.0 cm³/mol. The Bertz CT molecular complexity index is 765. The van der Waals surface area contributed by atoms with Gasteiger partial charge in [-0.2, -0.15) is 0 Å². The number of aryl methyl sites for hydroxylation is 1. The largest absolute Gasteiger partial charge is 0.0759 e. The van der Waals surface area contributed by atoms with Gasteiger partial charge in [0.25, 0.3) is 0 Å². The summed E-state index contributed by atoms with van der Waals surface area (Å²) in [5.41, 5.74) is 8.48. The van der Waals surface area contributed by atoms with Crippen molar-refractivity contribution in [3.8, 4) is 0 Å². The van der Waals surface area contributed by atoms with Gasteiger partial charge in [-0.15, -0.1) is 0 Å². The first-order valence-electron chi connectivity index (χ1n) is 6.99. The van der Waals surface area contributed by atoms with Gasteiger partial charge in [0.05, 0.1) is 0 Å². The number of hydrogen-bond donors (Lipinski definition) is 0. The molecule has 0 saturated heterocycles. The van der Waals surface area contributed by atoms with Crippen molar-refractivity contribution in [2.75, 3.05) is 0 Å². The van der Waals surface area contributed by atoms with Crippen LogP contribution in [0, 0.1) is 6.92 Å². The summed E-state index contributed by atoms with van der Waals surface area (Å²) in [5, 5.41) is 0. The molecule has 98 valence electrons. The molecule has 2 aliphatic rings. The van der Waals surface area contributed by atoms with Gasteiger partial charge in [-0.05, 0) is 53.3 Å². The number of allylic oxidation sites excluding steroid dienone is 3. The smallest absolute Gasteiger partial charge is 0.0346 e. The maximum absolute atomic E-state index is 3.62. The first kappa shape index (κ1) is 12.2.